The van der Waals surface area contributed by atoms with Crippen molar-refractivity contribution in [2.45, 2.75) is 31.7 Å². The molecule has 1 aliphatic rings. The van der Waals surface area contributed by atoms with E-state index in [4.69, 9.17) is 9.47 Å². The van der Waals surface area contributed by atoms with E-state index in [0.29, 0.717) is 42.5 Å². The smallest absolute Gasteiger partial charge is 0.401 e. The molecule has 0 aromatic heterocycles. The standard InChI is InChI=1S/C19H29F3N4O3/c1-4-23-18(25-13-7-8-26(11-13)12-19(20,21)22)24-10-16(27)15-9-14(28-2)5-6-17(15)29-3/h5-6,9,13,16,27H,4,7-8,10-12H2,1-3H3,(H2,23,24,25). The molecular weight excluding hydrogens is 389 g/mol. The molecule has 164 valence electrons. The van der Waals surface area contributed by atoms with Crippen LogP contribution in [0.1, 0.15) is 25.0 Å². The summed E-state index contributed by atoms with van der Waals surface area (Å²) >= 11 is 0. The van der Waals surface area contributed by atoms with Crippen molar-refractivity contribution < 1.29 is 27.8 Å². The van der Waals surface area contributed by atoms with Crippen molar-refractivity contribution in [3.05, 3.63) is 23.8 Å². The third-order valence-electron chi connectivity index (χ3n) is 4.58. The van der Waals surface area contributed by atoms with Gasteiger partial charge in [-0.2, -0.15) is 13.2 Å². The van der Waals surface area contributed by atoms with Gasteiger partial charge in [0.1, 0.15) is 17.6 Å². The summed E-state index contributed by atoms with van der Waals surface area (Å²) in [6.45, 7) is 2.29. The Labute approximate surface area is 168 Å². The second-order valence-electron chi connectivity index (χ2n) is 6.82. The van der Waals surface area contributed by atoms with Gasteiger partial charge < -0.3 is 25.2 Å². The molecule has 0 radical (unpaired) electrons. The van der Waals surface area contributed by atoms with E-state index in [2.05, 4.69) is 15.6 Å². The van der Waals surface area contributed by atoms with E-state index < -0.39 is 18.8 Å². The first kappa shape index (κ1) is 23.1. The van der Waals surface area contributed by atoms with Crippen LogP contribution in [0.3, 0.4) is 0 Å². The number of aliphatic imine (C=N–C) groups is 1. The highest BCUT2D eigenvalue weighted by Gasteiger charge is 2.34. The lowest BCUT2D eigenvalue weighted by molar-refractivity contribution is -0.143. The Hall–Kier alpha value is -2.20. The van der Waals surface area contributed by atoms with Gasteiger partial charge in [0.25, 0.3) is 0 Å². The van der Waals surface area contributed by atoms with E-state index in [-0.39, 0.29) is 19.1 Å². The molecule has 2 unspecified atom stereocenters. The number of halogens is 3. The number of guanidine groups is 1. The molecule has 1 aromatic carbocycles. The Morgan fingerprint density at radius 3 is 2.72 bits per heavy atom. The normalized spacial score (nSPS) is 19.1. The molecule has 1 aliphatic heterocycles. The predicted molar refractivity (Wildman–Crippen MR) is 105 cm³/mol. The summed E-state index contributed by atoms with van der Waals surface area (Å²) in [6, 6.07) is 4.99. The highest BCUT2D eigenvalue weighted by Crippen LogP contribution is 2.29. The number of ether oxygens (including phenoxy) is 2. The van der Waals surface area contributed by atoms with E-state index in [1.807, 2.05) is 6.92 Å². The quantitative estimate of drug-likeness (QED) is 0.442. The Morgan fingerprint density at radius 2 is 2.10 bits per heavy atom. The van der Waals surface area contributed by atoms with E-state index in [0.717, 1.165) is 0 Å². The second-order valence-corrected chi connectivity index (χ2v) is 6.82. The van der Waals surface area contributed by atoms with E-state index in [9.17, 15) is 18.3 Å². The number of hydrogen-bond acceptors (Lipinski definition) is 5. The van der Waals surface area contributed by atoms with Crippen molar-refractivity contribution >= 4 is 5.96 Å². The predicted octanol–water partition coefficient (Wildman–Crippen LogP) is 1.93. The van der Waals surface area contributed by atoms with E-state index >= 15 is 0 Å². The number of nitrogens with zero attached hydrogens (tertiary/aromatic N) is 2. The molecule has 1 aromatic rings. The van der Waals surface area contributed by atoms with Crippen molar-refractivity contribution in [2.24, 2.45) is 4.99 Å². The first-order valence-electron chi connectivity index (χ1n) is 9.49. The number of alkyl halides is 3. The van der Waals surface area contributed by atoms with Crippen molar-refractivity contribution in [1.29, 1.82) is 0 Å². The van der Waals surface area contributed by atoms with Crippen molar-refractivity contribution in [3.63, 3.8) is 0 Å². The first-order chi connectivity index (χ1) is 13.8. The largest absolute Gasteiger partial charge is 0.497 e. The number of hydrogen-bond donors (Lipinski definition) is 3. The second kappa shape index (κ2) is 10.5. The third-order valence-corrected chi connectivity index (χ3v) is 4.58. The molecule has 29 heavy (non-hydrogen) atoms. The molecule has 3 N–H and O–H groups in total. The maximum absolute atomic E-state index is 12.6. The Bertz CT molecular complexity index is 685. The number of nitrogens with one attached hydrogen (secondary N) is 2. The SMILES string of the molecule is CCNC(=NCC(O)c1cc(OC)ccc1OC)NC1CCN(CC(F)(F)F)C1. The molecule has 1 saturated heterocycles. The van der Waals surface area contributed by atoms with Gasteiger partial charge >= 0.3 is 6.18 Å². The lowest BCUT2D eigenvalue weighted by Crippen LogP contribution is -2.45. The van der Waals surface area contributed by atoms with Gasteiger partial charge in [0.15, 0.2) is 5.96 Å². The lowest BCUT2D eigenvalue weighted by atomic mass is 10.1. The van der Waals surface area contributed by atoms with Gasteiger partial charge in [0.2, 0.25) is 0 Å². The average molecular weight is 418 g/mol. The van der Waals surface area contributed by atoms with Gasteiger partial charge in [-0.15, -0.1) is 0 Å². The lowest BCUT2D eigenvalue weighted by Gasteiger charge is -2.20. The third kappa shape index (κ3) is 7.28. The van der Waals surface area contributed by atoms with Gasteiger partial charge in [0, 0.05) is 31.2 Å². The molecule has 7 nitrogen and oxygen atoms in total. The van der Waals surface area contributed by atoms with Crippen molar-refractivity contribution in [2.75, 3.05) is 46.9 Å². The van der Waals surface area contributed by atoms with Gasteiger partial charge in [0.05, 0.1) is 27.3 Å². The number of benzene rings is 1. The zero-order chi connectivity index (χ0) is 21.4. The maximum Gasteiger partial charge on any atom is 0.401 e. The molecule has 2 atom stereocenters. The summed E-state index contributed by atoms with van der Waals surface area (Å²) in [7, 11) is 3.05. The Balaban J connectivity index is 2.00. The van der Waals surface area contributed by atoms with Crippen LogP contribution >= 0.6 is 0 Å². The zero-order valence-electron chi connectivity index (χ0n) is 16.9. The van der Waals surface area contributed by atoms with Crippen LogP contribution in [0.4, 0.5) is 13.2 Å². The summed E-state index contributed by atoms with van der Waals surface area (Å²) < 4.78 is 48.2. The number of aliphatic hydroxyl groups is 1. The van der Waals surface area contributed by atoms with Gasteiger partial charge in [-0.25, -0.2) is 0 Å². The van der Waals surface area contributed by atoms with Gasteiger partial charge in [-0.3, -0.25) is 9.89 Å². The topological polar surface area (TPSA) is 78.4 Å². The number of likely N-dealkylation sites (tertiary alicyclic amines) is 1. The van der Waals surface area contributed by atoms with Crippen molar-refractivity contribution in [3.8, 4) is 11.5 Å². The molecule has 10 heteroatoms. The van der Waals surface area contributed by atoms with E-state index in [1.54, 1.807) is 18.2 Å². The monoisotopic (exact) mass is 418 g/mol. The van der Waals surface area contributed by atoms with Crippen LogP contribution in [0, 0.1) is 0 Å². The molecule has 2 rings (SSSR count). The summed E-state index contributed by atoms with van der Waals surface area (Å²) in [4.78, 5) is 5.76. The first-order valence-corrected chi connectivity index (χ1v) is 9.49. The fourth-order valence-electron chi connectivity index (χ4n) is 3.24. The highest BCUT2D eigenvalue weighted by atomic mass is 19.4. The molecule has 1 heterocycles. The number of aliphatic hydroxyl groups excluding tert-OH is 1. The fourth-order valence-corrected chi connectivity index (χ4v) is 3.24. The van der Waals surface area contributed by atoms with Crippen LogP contribution in [0.2, 0.25) is 0 Å². The number of methoxy groups -OCH3 is 2. The molecule has 0 saturated carbocycles. The van der Waals surface area contributed by atoms with Gasteiger partial charge in [-0.05, 0) is 31.5 Å². The highest BCUT2D eigenvalue weighted by molar-refractivity contribution is 5.80. The minimum absolute atomic E-state index is 0.0534. The summed E-state index contributed by atoms with van der Waals surface area (Å²) in [6.07, 6.45) is -4.54. The van der Waals surface area contributed by atoms with Crippen molar-refractivity contribution in [1.82, 2.24) is 15.5 Å². The average Bonchev–Trinajstić information content (AvgIpc) is 3.10. The van der Waals surface area contributed by atoms with Crippen LogP contribution in [-0.2, 0) is 0 Å². The fraction of sp³-hybridized carbons (Fsp3) is 0.632. The molecule has 0 spiro atoms. The Morgan fingerprint density at radius 1 is 1.34 bits per heavy atom. The minimum atomic E-state index is -4.20. The van der Waals surface area contributed by atoms with Gasteiger partial charge in [-0.1, -0.05) is 0 Å². The van der Waals surface area contributed by atoms with Crippen LogP contribution in [0.25, 0.3) is 0 Å². The number of rotatable bonds is 8. The van der Waals surface area contributed by atoms with Crippen LogP contribution < -0.4 is 20.1 Å². The summed E-state index contributed by atoms with van der Waals surface area (Å²) in [5, 5.41) is 16.8. The summed E-state index contributed by atoms with van der Waals surface area (Å²) in [5.41, 5.74) is 0.545. The molecule has 0 amide bonds. The van der Waals surface area contributed by atoms with Crippen LogP contribution in [0.5, 0.6) is 11.5 Å². The van der Waals surface area contributed by atoms with Crippen LogP contribution in [0.15, 0.2) is 23.2 Å². The maximum atomic E-state index is 12.6. The van der Waals surface area contributed by atoms with E-state index in [1.165, 1.54) is 19.1 Å². The van der Waals surface area contributed by atoms with Crippen LogP contribution in [-0.4, -0.2) is 75.1 Å². The summed E-state index contributed by atoms with van der Waals surface area (Å²) in [5.74, 6) is 1.56. The molecular formula is C19H29F3N4O3. The Kier molecular flexibility index (Phi) is 8.39. The molecule has 0 bridgehead atoms. The minimum Gasteiger partial charge on any atom is -0.497 e. The zero-order valence-corrected chi connectivity index (χ0v) is 16.9. The molecule has 1 fully saturated rings. The molecule has 0 aliphatic carbocycles.